The van der Waals surface area contributed by atoms with Crippen molar-refractivity contribution >= 4 is 35.5 Å². The van der Waals surface area contributed by atoms with Crippen molar-refractivity contribution in [2.45, 2.75) is 133 Å². The van der Waals surface area contributed by atoms with Gasteiger partial charge in [-0.2, -0.15) is 0 Å². The van der Waals surface area contributed by atoms with Gasteiger partial charge in [-0.25, -0.2) is 4.79 Å². The zero-order valence-electron chi connectivity index (χ0n) is 29.8. The van der Waals surface area contributed by atoms with E-state index in [9.17, 15) is 28.8 Å². The molecule has 1 aliphatic heterocycles. The molecule has 260 valence electrons. The van der Waals surface area contributed by atoms with E-state index in [-0.39, 0.29) is 24.5 Å². The van der Waals surface area contributed by atoms with Crippen LogP contribution in [0.5, 0.6) is 0 Å². The maximum Gasteiger partial charge on any atom is 0.325 e. The molecule has 2 aliphatic rings. The molecule has 1 saturated carbocycles. The number of amides is 5. The molecule has 1 heterocycles. The van der Waals surface area contributed by atoms with Crippen LogP contribution in [0.15, 0.2) is 0 Å². The summed E-state index contributed by atoms with van der Waals surface area (Å²) in [7, 11) is 0. The topological polar surface area (TPSA) is 177 Å². The average Bonchev–Trinajstić information content (AvgIpc) is 3.58. The number of nitrogens with two attached hydrogens (primary N) is 1. The summed E-state index contributed by atoms with van der Waals surface area (Å²) in [6, 6.07) is -3.60. The van der Waals surface area contributed by atoms with Crippen molar-refractivity contribution in [3.8, 4) is 0 Å². The Morgan fingerprint density at radius 3 is 1.84 bits per heavy atom. The van der Waals surface area contributed by atoms with E-state index in [0.717, 1.165) is 12.8 Å². The fourth-order valence-electron chi connectivity index (χ4n) is 4.16. The smallest absolute Gasteiger partial charge is 0.325 e. The van der Waals surface area contributed by atoms with Crippen LogP contribution in [0.25, 0.3) is 0 Å². The van der Waals surface area contributed by atoms with Crippen LogP contribution in [-0.2, 0) is 28.7 Å². The van der Waals surface area contributed by atoms with E-state index in [1.54, 1.807) is 20.8 Å². The normalized spacial score (nSPS) is 17.7. The second kappa shape index (κ2) is 18.1. The number of urea groups is 1. The van der Waals surface area contributed by atoms with Gasteiger partial charge in [-0.1, -0.05) is 95.9 Å². The van der Waals surface area contributed by atoms with Crippen molar-refractivity contribution in [1.29, 1.82) is 0 Å². The molecule has 12 heteroatoms. The van der Waals surface area contributed by atoms with Crippen molar-refractivity contribution < 1.29 is 33.5 Å². The van der Waals surface area contributed by atoms with Crippen LogP contribution in [0.2, 0.25) is 0 Å². The lowest BCUT2D eigenvalue weighted by molar-refractivity contribution is -0.145. The quantitative estimate of drug-likeness (QED) is 0.197. The Morgan fingerprint density at radius 2 is 1.40 bits per heavy atom. The van der Waals surface area contributed by atoms with Crippen LogP contribution >= 0.6 is 0 Å². The summed E-state index contributed by atoms with van der Waals surface area (Å²) >= 11 is 0. The van der Waals surface area contributed by atoms with Crippen molar-refractivity contribution in [3.05, 3.63) is 0 Å². The number of carbonyl (C=O) groups excluding carboxylic acids is 6. The highest BCUT2D eigenvalue weighted by atomic mass is 16.5. The third-order valence-corrected chi connectivity index (χ3v) is 6.43. The average molecular weight is 640 g/mol. The first-order valence-electron chi connectivity index (χ1n) is 16.1. The number of hydrogen-bond acceptors (Lipinski definition) is 7. The Hall–Kier alpha value is -3.18. The molecule has 12 nitrogen and oxygen atoms in total. The van der Waals surface area contributed by atoms with Crippen LogP contribution in [0.4, 0.5) is 4.79 Å². The largest absolute Gasteiger partial charge is 0.464 e. The van der Waals surface area contributed by atoms with Gasteiger partial charge in [0.05, 0.1) is 12.6 Å². The Kier molecular flexibility index (Phi) is 16.8. The maximum atomic E-state index is 13.6. The van der Waals surface area contributed by atoms with Gasteiger partial charge in [0.15, 0.2) is 0 Å². The fraction of sp³-hybridized carbons (Fsp3) is 0.818. The van der Waals surface area contributed by atoms with Gasteiger partial charge in [-0.3, -0.25) is 24.0 Å². The molecule has 0 radical (unpaired) electrons. The molecule has 3 atom stereocenters. The van der Waals surface area contributed by atoms with Gasteiger partial charge in [-0.15, -0.1) is 0 Å². The van der Waals surface area contributed by atoms with E-state index >= 15 is 0 Å². The first-order chi connectivity index (χ1) is 20.5. The molecule has 0 bridgehead atoms. The highest BCUT2D eigenvalue weighted by Crippen LogP contribution is 2.34. The number of nitrogens with one attached hydrogen (secondary N) is 3. The monoisotopic (exact) mass is 639 g/mol. The number of esters is 1. The first kappa shape index (κ1) is 41.8. The van der Waals surface area contributed by atoms with E-state index < -0.39 is 59.0 Å². The SMILES string of the molecule is CC.CC(C)(C)C.CC(C)(C)COC(=O)CNC(=O)NC(C(=O)N1CCCC1C(=O)NC(CC1CC1)C(=O)C(N)=O)C(C)(C)C. The lowest BCUT2D eigenvalue weighted by Crippen LogP contribution is -2.60. The summed E-state index contributed by atoms with van der Waals surface area (Å²) < 4.78 is 5.14. The van der Waals surface area contributed by atoms with E-state index in [1.165, 1.54) is 4.90 Å². The van der Waals surface area contributed by atoms with Gasteiger partial charge in [0, 0.05) is 6.54 Å². The summed E-state index contributed by atoms with van der Waals surface area (Å²) in [5.41, 5.74) is 4.73. The van der Waals surface area contributed by atoms with Gasteiger partial charge < -0.3 is 31.3 Å². The molecule has 45 heavy (non-hydrogen) atoms. The van der Waals surface area contributed by atoms with E-state index in [2.05, 4.69) is 43.6 Å². The molecule has 2 rings (SSSR count). The van der Waals surface area contributed by atoms with E-state index in [0.29, 0.717) is 31.2 Å². The van der Waals surface area contributed by atoms with Crippen LogP contribution < -0.4 is 21.7 Å². The summed E-state index contributed by atoms with van der Waals surface area (Å²) in [6.45, 7) is 23.9. The van der Waals surface area contributed by atoms with E-state index in [4.69, 9.17) is 10.5 Å². The third-order valence-electron chi connectivity index (χ3n) is 6.43. The number of primary amides is 1. The summed E-state index contributed by atoms with van der Waals surface area (Å²) in [5.74, 6) is -3.30. The highest BCUT2D eigenvalue weighted by Gasteiger charge is 2.43. The number of ketones is 1. The van der Waals surface area contributed by atoms with Gasteiger partial charge in [0.2, 0.25) is 17.6 Å². The number of Topliss-reactive ketones (excluding diaryl/α,β-unsaturated/α-hetero) is 1. The molecule has 3 unspecified atom stereocenters. The summed E-state index contributed by atoms with van der Waals surface area (Å²) in [4.78, 5) is 76.4. The number of hydrogen-bond donors (Lipinski definition) is 4. The highest BCUT2D eigenvalue weighted by molar-refractivity contribution is 6.37. The first-order valence-corrected chi connectivity index (χ1v) is 16.1. The fourth-order valence-corrected chi connectivity index (χ4v) is 4.16. The number of carbonyl (C=O) groups is 6. The molecule has 1 aliphatic carbocycles. The molecule has 0 aromatic rings. The van der Waals surface area contributed by atoms with Gasteiger partial charge in [0.1, 0.15) is 18.6 Å². The number of likely N-dealkylation sites (tertiary alicyclic amines) is 1. The van der Waals surface area contributed by atoms with Crippen LogP contribution in [-0.4, -0.2) is 78.2 Å². The van der Waals surface area contributed by atoms with Crippen LogP contribution in [0, 0.1) is 22.2 Å². The molecular weight excluding hydrogens is 578 g/mol. The molecule has 2 fully saturated rings. The Morgan fingerprint density at radius 1 is 0.867 bits per heavy atom. The zero-order chi connectivity index (χ0) is 35.3. The lowest BCUT2D eigenvalue weighted by Gasteiger charge is -2.35. The minimum atomic E-state index is -1.11. The van der Waals surface area contributed by atoms with Gasteiger partial charge in [-0.05, 0) is 41.4 Å². The minimum Gasteiger partial charge on any atom is -0.464 e. The van der Waals surface area contributed by atoms with Crippen molar-refractivity contribution in [2.75, 3.05) is 19.7 Å². The third kappa shape index (κ3) is 17.8. The summed E-state index contributed by atoms with van der Waals surface area (Å²) in [5, 5.41) is 7.69. The van der Waals surface area contributed by atoms with Gasteiger partial charge in [0.25, 0.3) is 5.91 Å². The van der Waals surface area contributed by atoms with Crippen LogP contribution in [0.1, 0.15) is 115 Å². The molecule has 0 aromatic heterocycles. The molecule has 0 aromatic carbocycles. The Bertz CT molecular complexity index is 1010. The van der Waals surface area contributed by atoms with Gasteiger partial charge >= 0.3 is 12.0 Å². The molecule has 0 spiro atoms. The predicted molar refractivity (Wildman–Crippen MR) is 175 cm³/mol. The molecule has 5 amide bonds. The molecule has 1 saturated heterocycles. The predicted octanol–water partition coefficient (Wildman–Crippen LogP) is 3.70. The second-order valence-electron chi connectivity index (χ2n) is 15.5. The van der Waals surface area contributed by atoms with Crippen molar-refractivity contribution in [2.24, 2.45) is 27.9 Å². The van der Waals surface area contributed by atoms with Crippen molar-refractivity contribution in [3.63, 3.8) is 0 Å². The lowest BCUT2D eigenvalue weighted by atomic mass is 9.85. The Labute approximate surface area is 270 Å². The second-order valence-corrected chi connectivity index (χ2v) is 15.5. The number of ether oxygens (including phenoxy) is 1. The Balaban J connectivity index is 0.00000251. The zero-order valence-corrected chi connectivity index (χ0v) is 29.8. The number of rotatable bonds is 11. The van der Waals surface area contributed by atoms with Crippen molar-refractivity contribution in [1.82, 2.24) is 20.9 Å². The molecular formula is C33H61N5O7. The summed E-state index contributed by atoms with van der Waals surface area (Å²) in [6.07, 6.45) is 3.10. The molecule has 5 N–H and O–H groups in total. The van der Waals surface area contributed by atoms with Crippen LogP contribution in [0.3, 0.4) is 0 Å². The standard InChI is InChI=1S/C26H43N5O7.C5H12.C2H6/c1-25(2,3)14-38-18(32)13-28-24(37)30-20(26(4,5)6)23(36)31-11-7-8-17(31)22(35)29-16(12-15-9-10-15)19(33)21(27)34;1-5(2,3)4;1-2/h15-17,20H,7-14H2,1-6H3,(H2,27,34)(H,29,35)(H2,28,30,37);1-4H3;1-2H3. The minimum absolute atomic E-state index is 0.198. The maximum absolute atomic E-state index is 13.6. The number of nitrogens with zero attached hydrogens (tertiary/aromatic N) is 1. The van der Waals surface area contributed by atoms with E-state index in [1.807, 2.05) is 34.6 Å².